The minimum absolute atomic E-state index is 0.449. The highest BCUT2D eigenvalue weighted by Crippen LogP contribution is 2.32. The molecule has 1 aliphatic rings. The van der Waals surface area contributed by atoms with Crippen molar-refractivity contribution in [1.82, 2.24) is 0 Å². The summed E-state index contributed by atoms with van der Waals surface area (Å²) in [6.45, 7) is 3.73. The van der Waals surface area contributed by atoms with E-state index < -0.39 is 6.10 Å². The Morgan fingerprint density at radius 2 is 1.90 bits per heavy atom. The zero-order valence-corrected chi connectivity index (χ0v) is 13.1. The monoisotopic (exact) mass is 331 g/mol. The van der Waals surface area contributed by atoms with Gasteiger partial charge in [-0.05, 0) is 36.6 Å². The van der Waals surface area contributed by atoms with Crippen LogP contribution in [0.3, 0.4) is 0 Å². The smallest absolute Gasteiger partial charge is 0.0782 e. The van der Waals surface area contributed by atoms with Crippen molar-refractivity contribution < 1.29 is 5.11 Å². The molecule has 0 fully saturated rings. The standard InChI is InChI=1S/C17H18BrNO/c1-12(20)16-7-6-15(18)10-17(16)19-9-8-13-4-2-3-5-14(13)11-19/h2-7,10,12,20H,8-9,11H2,1H3. The van der Waals surface area contributed by atoms with Crippen molar-refractivity contribution in [2.45, 2.75) is 26.0 Å². The molecule has 2 aromatic carbocycles. The van der Waals surface area contributed by atoms with Gasteiger partial charge in [0.15, 0.2) is 0 Å². The number of anilines is 1. The largest absolute Gasteiger partial charge is 0.389 e. The summed E-state index contributed by atoms with van der Waals surface area (Å²) in [5.74, 6) is 0. The van der Waals surface area contributed by atoms with Crippen molar-refractivity contribution in [3.8, 4) is 0 Å². The van der Waals surface area contributed by atoms with E-state index in [2.05, 4.69) is 51.2 Å². The van der Waals surface area contributed by atoms with Gasteiger partial charge in [-0.25, -0.2) is 0 Å². The molecule has 1 unspecified atom stereocenters. The molecule has 3 heteroatoms. The molecular weight excluding hydrogens is 314 g/mol. The number of aliphatic hydroxyl groups is 1. The van der Waals surface area contributed by atoms with Crippen LogP contribution in [-0.2, 0) is 13.0 Å². The third-order valence-corrected chi connectivity index (χ3v) is 4.41. The molecule has 0 aliphatic carbocycles. The number of benzene rings is 2. The molecule has 0 saturated heterocycles. The zero-order chi connectivity index (χ0) is 14.1. The fourth-order valence-electron chi connectivity index (χ4n) is 2.85. The van der Waals surface area contributed by atoms with Crippen molar-refractivity contribution in [1.29, 1.82) is 0 Å². The molecule has 104 valence electrons. The SMILES string of the molecule is CC(O)c1ccc(Br)cc1N1CCc2ccccc2C1. The Hall–Kier alpha value is -1.32. The van der Waals surface area contributed by atoms with E-state index in [0.717, 1.165) is 35.2 Å². The van der Waals surface area contributed by atoms with Gasteiger partial charge in [-0.2, -0.15) is 0 Å². The summed E-state index contributed by atoms with van der Waals surface area (Å²) in [7, 11) is 0. The quantitative estimate of drug-likeness (QED) is 0.896. The number of fused-ring (bicyclic) bond motifs is 1. The van der Waals surface area contributed by atoms with Crippen LogP contribution in [0.1, 0.15) is 29.7 Å². The normalized spacial score (nSPS) is 15.8. The lowest BCUT2D eigenvalue weighted by atomic mass is 9.98. The third-order valence-electron chi connectivity index (χ3n) is 3.91. The number of nitrogens with zero attached hydrogens (tertiary/aromatic N) is 1. The first kappa shape index (κ1) is 13.7. The molecule has 0 saturated carbocycles. The number of hydrogen-bond donors (Lipinski definition) is 1. The molecule has 1 aliphatic heterocycles. The average Bonchev–Trinajstić information content (AvgIpc) is 2.46. The molecule has 0 amide bonds. The summed E-state index contributed by atoms with van der Waals surface area (Å²) in [6, 6.07) is 14.7. The minimum atomic E-state index is -0.449. The van der Waals surface area contributed by atoms with E-state index in [1.165, 1.54) is 11.1 Å². The van der Waals surface area contributed by atoms with Crippen LogP contribution < -0.4 is 4.90 Å². The maximum absolute atomic E-state index is 9.98. The highest BCUT2D eigenvalue weighted by molar-refractivity contribution is 9.10. The molecule has 1 heterocycles. The van der Waals surface area contributed by atoms with Gasteiger partial charge in [0.05, 0.1) is 6.10 Å². The van der Waals surface area contributed by atoms with Crippen molar-refractivity contribution in [3.63, 3.8) is 0 Å². The Morgan fingerprint density at radius 3 is 2.65 bits per heavy atom. The van der Waals surface area contributed by atoms with Crippen LogP contribution >= 0.6 is 15.9 Å². The lowest BCUT2D eigenvalue weighted by molar-refractivity contribution is 0.199. The van der Waals surface area contributed by atoms with Crippen molar-refractivity contribution in [3.05, 3.63) is 63.6 Å². The highest BCUT2D eigenvalue weighted by Gasteiger charge is 2.20. The molecule has 0 bridgehead atoms. The Labute approximate surface area is 128 Å². The van der Waals surface area contributed by atoms with Crippen LogP contribution in [-0.4, -0.2) is 11.7 Å². The Kier molecular flexibility index (Phi) is 3.81. The summed E-state index contributed by atoms with van der Waals surface area (Å²) >= 11 is 3.54. The van der Waals surface area contributed by atoms with Crippen LogP contribution in [0, 0.1) is 0 Å². The zero-order valence-electron chi connectivity index (χ0n) is 11.5. The van der Waals surface area contributed by atoms with E-state index >= 15 is 0 Å². The van der Waals surface area contributed by atoms with Crippen molar-refractivity contribution in [2.24, 2.45) is 0 Å². The van der Waals surface area contributed by atoms with E-state index in [0.29, 0.717) is 0 Å². The van der Waals surface area contributed by atoms with Crippen molar-refractivity contribution in [2.75, 3.05) is 11.4 Å². The first-order chi connectivity index (χ1) is 9.65. The van der Waals surface area contributed by atoms with Gasteiger partial charge >= 0.3 is 0 Å². The molecule has 3 rings (SSSR count). The van der Waals surface area contributed by atoms with Gasteiger partial charge in [-0.3, -0.25) is 0 Å². The second-order valence-corrected chi connectivity index (χ2v) is 6.24. The van der Waals surface area contributed by atoms with Gasteiger partial charge in [0, 0.05) is 28.8 Å². The first-order valence-corrected chi connectivity index (χ1v) is 7.73. The highest BCUT2D eigenvalue weighted by atomic mass is 79.9. The van der Waals surface area contributed by atoms with E-state index in [-0.39, 0.29) is 0 Å². The summed E-state index contributed by atoms with van der Waals surface area (Å²) in [5, 5.41) is 9.98. The van der Waals surface area contributed by atoms with Gasteiger partial charge in [0.25, 0.3) is 0 Å². The van der Waals surface area contributed by atoms with E-state index in [9.17, 15) is 5.11 Å². The van der Waals surface area contributed by atoms with E-state index in [1.54, 1.807) is 0 Å². The van der Waals surface area contributed by atoms with Gasteiger partial charge in [0.1, 0.15) is 0 Å². The summed E-state index contributed by atoms with van der Waals surface area (Å²) in [6.07, 6.45) is 0.609. The fraction of sp³-hybridized carbons (Fsp3) is 0.294. The first-order valence-electron chi connectivity index (χ1n) is 6.94. The maximum Gasteiger partial charge on any atom is 0.0782 e. The fourth-order valence-corrected chi connectivity index (χ4v) is 3.19. The molecule has 2 aromatic rings. The minimum Gasteiger partial charge on any atom is -0.389 e. The van der Waals surface area contributed by atoms with Crippen LogP contribution in [0.15, 0.2) is 46.9 Å². The third kappa shape index (κ3) is 2.60. The van der Waals surface area contributed by atoms with Crippen LogP contribution in [0.25, 0.3) is 0 Å². The molecule has 0 radical (unpaired) electrons. The van der Waals surface area contributed by atoms with Crippen molar-refractivity contribution >= 4 is 21.6 Å². The van der Waals surface area contributed by atoms with Gasteiger partial charge in [-0.15, -0.1) is 0 Å². The molecular formula is C17H18BrNO. The molecule has 0 spiro atoms. The van der Waals surface area contributed by atoms with Gasteiger partial charge in [-0.1, -0.05) is 46.3 Å². The Morgan fingerprint density at radius 1 is 1.15 bits per heavy atom. The number of rotatable bonds is 2. The van der Waals surface area contributed by atoms with E-state index in [4.69, 9.17) is 0 Å². The predicted molar refractivity (Wildman–Crippen MR) is 86.0 cm³/mol. The number of aliphatic hydroxyl groups excluding tert-OH is 1. The van der Waals surface area contributed by atoms with Crippen LogP contribution in [0.4, 0.5) is 5.69 Å². The van der Waals surface area contributed by atoms with Crippen LogP contribution in [0.2, 0.25) is 0 Å². The summed E-state index contributed by atoms with van der Waals surface area (Å²) in [4.78, 5) is 2.36. The molecule has 2 nitrogen and oxygen atoms in total. The van der Waals surface area contributed by atoms with Crippen LogP contribution in [0.5, 0.6) is 0 Å². The lowest BCUT2D eigenvalue weighted by Crippen LogP contribution is -2.31. The lowest BCUT2D eigenvalue weighted by Gasteiger charge is -2.33. The molecule has 0 aromatic heterocycles. The second kappa shape index (κ2) is 5.58. The second-order valence-electron chi connectivity index (χ2n) is 5.32. The summed E-state index contributed by atoms with van der Waals surface area (Å²) < 4.78 is 1.05. The average molecular weight is 332 g/mol. The number of hydrogen-bond acceptors (Lipinski definition) is 2. The molecule has 1 atom stereocenters. The molecule has 20 heavy (non-hydrogen) atoms. The Bertz CT molecular complexity index is 624. The van der Waals surface area contributed by atoms with Gasteiger partial charge < -0.3 is 10.0 Å². The van der Waals surface area contributed by atoms with E-state index in [1.807, 2.05) is 19.1 Å². The van der Waals surface area contributed by atoms with Gasteiger partial charge in [0.2, 0.25) is 0 Å². The number of halogens is 1. The predicted octanol–water partition coefficient (Wildman–Crippen LogP) is 4.07. The maximum atomic E-state index is 9.98. The summed E-state index contributed by atoms with van der Waals surface area (Å²) in [5.41, 5.74) is 4.95. The Balaban J connectivity index is 1.97. The topological polar surface area (TPSA) is 23.5 Å². The molecule has 1 N–H and O–H groups in total.